The third-order valence-electron chi connectivity index (χ3n) is 5.53. The number of fused-ring (bicyclic) bond motifs is 2. The van der Waals surface area contributed by atoms with Gasteiger partial charge in [0.25, 0.3) is 12.4 Å². The molecule has 3 N–H and O–H groups in total. The minimum absolute atomic E-state index is 0.148. The van der Waals surface area contributed by atoms with Crippen LogP contribution in [0.25, 0.3) is 22.1 Å². The molecule has 3 aromatic heterocycles. The van der Waals surface area contributed by atoms with Crippen LogP contribution < -0.4 is 15.0 Å². The van der Waals surface area contributed by atoms with E-state index in [9.17, 15) is 4.79 Å². The van der Waals surface area contributed by atoms with Crippen LogP contribution in [0.15, 0.2) is 43.0 Å². The number of ether oxygens (including phenoxy) is 1. The first-order valence-electron chi connectivity index (χ1n) is 11.0. The van der Waals surface area contributed by atoms with Crippen LogP contribution in [0.5, 0.6) is 5.75 Å². The Morgan fingerprint density at radius 1 is 1.32 bits per heavy atom. The van der Waals surface area contributed by atoms with E-state index in [1.54, 1.807) is 18.7 Å². The summed E-state index contributed by atoms with van der Waals surface area (Å²) in [4.78, 5) is 43.6. The smallest absolute Gasteiger partial charge is 0.290 e. The number of nitrogens with zero attached hydrogens (tertiary/aromatic N) is 5. The highest BCUT2D eigenvalue weighted by molar-refractivity contribution is 5.97. The number of hydrogen-bond acceptors (Lipinski definition) is 8. The SMILES string of the molecule is CCNC(=O)c1cc(OCC2CCCN2c2ncnc3[nH]cnc23)c2ccccc2n1.O=CO. The number of para-hydroxylation sites is 1. The van der Waals surface area contributed by atoms with E-state index in [2.05, 4.69) is 35.1 Å². The lowest BCUT2D eigenvalue weighted by Gasteiger charge is -2.26. The topological polar surface area (TPSA) is 146 Å². The van der Waals surface area contributed by atoms with Crippen molar-refractivity contribution >= 4 is 40.3 Å². The van der Waals surface area contributed by atoms with Crippen molar-refractivity contribution in [2.45, 2.75) is 25.8 Å². The predicted octanol–water partition coefficient (Wildman–Crippen LogP) is 2.40. The maximum absolute atomic E-state index is 12.4. The minimum Gasteiger partial charge on any atom is -0.491 e. The molecule has 1 aromatic carbocycles. The van der Waals surface area contributed by atoms with Crippen molar-refractivity contribution in [3.05, 3.63) is 48.7 Å². The van der Waals surface area contributed by atoms with Gasteiger partial charge >= 0.3 is 0 Å². The number of carboxylic acid groups (broad SMARTS) is 1. The van der Waals surface area contributed by atoms with E-state index in [1.165, 1.54) is 0 Å². The summed E-state index contributed by atoms with van der Waals surface area (Å²) in [6, 6.07) is 9.58. The summed E-state index contributed by atoms with van der Waals surface area (Å²) in [6.45, 7) is 3.53. The number of anilines is 1. The molecule has 4 aromatic rings. The van der Waals surface area contributed by atoms with E-state index in [4.69, 9.17) is 14.6 Å². The Morgan fingerprint density at radius 3 is 2.97 bits per heavy atom. The van der Waals surface area contributed by atoms with Gasteiger partial charge in [0.05, 0.1) is 17.9 Å². The van der Waals surface area contributed by atoms with E-state index in [0.717, 1.165) is 47.3 Å². The summed E-state index contributed by atoms with van der Waals surface area (Å²) in [6.07, 6.45) is 5.23. The van der Waals surface area contributed by atoms with Gasteiger partial charge < -0.3 is 25.0 Å². The fourth-order valence-corrected chi connectivity index (χ4v) is 4.07. The van der Waals surface area contributed by atoms with Gasteiger partial charge in [-0.1, -0.05) is 12.1 Å². The van der Waals surface area contributed by atoms with Crippen LogP contribution in [0.3, 0.4) is 0 Å². The van der Waals surface area contributed by atoms with Crippen molar-refractivity contribution in [1.29, 1.82) is 0 Å². The molecular formula is C23H25N7O4. The van der Waals surface area contributed by atoms with Crippen molar-refractivity contribution in [3.8, 4) is 5.75 Å². The summed E-state index contributed by atoms with van der Waals surface area (Å²) in [5.41, 5.74) is 2.58. The highest BCUT2D eigenvalue weighted by Crippen LogP contribution is 2.30. The normalized spacial score (nSPS) is 15.1. The fraction of sp³-hybridized carbons (Fsp3) is 0.304. The van der Waals surface area contributed by atoms with Gasteiger partial charge in [-0.3, -0.25) is 9.59 Å². The zero-order valence-corrected chi connectivity index (χ0v) is 18.6. The average molecular weight is 463 g/mol. The van der Waals surface area contributed by atoms with Gasteiger partial charge in [-0.25, -0.2) is 19.9 Å². The molecule has 1 fully saturated rings. The first-order valence-corrected chi connectivity index (χ1v) is 11.0. The Bertz CT molecular complexity index is 1290. The molecule has 176 valence electrons. The number of imidazole rings is 1. The summed E-state index contributed by atoms with van der Waals surface area (Å²) < 4.78 is 6.28. The number of H-pyrrole nitrogens is 1. The van der Waals surface area contributed by atoms with Crippen LogP contribution in [0.4, 0.5) is 5.82 Å². The Balaban J connectivity index is 0.000000868. The monoisotopic (exact) mass is 463 g/mol. The standard InChI is InChI=1S/C22H23N7O2.CH2O2/c1-2-23-22(30)17-10-18(15-7-3-4-8-16(15)28-17)31-11-14-6-5-9-29(14)21-19-20(25-12-24-19)26-13-27-21;2-1-3/h3-4,7-8,10,12-14H,2,5-6,9,11H2,1H3,(H,23,30)(H,24,25,26,27);1H,(H,2,3). The third-order valence-corrected chi connectivity index (χ3v) is 5.53. The van der Waals surface area contributed by atoms with E-state index in [1.807, 2.05) is 31.2 Å². The molecule has 11 nitrogen and oxygen atoms in total. The van der Waals surface area contributed by atoms with Crippen LogP contribution in [-0.2, 0) is 4.79 Å². The van der Waals surface area contributed by atoms with Crippen LogP contribution >= 0.6 is 0 Å². The molecule has 1 aliphatic heterocycles. The number of aromatic amines is 1. The van der Waals surface area contributed by atoms with Gasteiger partial charge in [0.1, 0.15) is 29.9 Å². The number of pyridine rings is 1. The Hall–Kier alpha value is -4.28. The second kappa shape index (κ2) is 10.6. The predicted molar refractivity (Wildman–Crippen MR) is 126 cm³/mol. The minimum atomic E-state index is -0.250. The molecule has 4 heterocycles. The number of hydrogen-bond donors (Lipinski definition) is 3. The maximum atomic E-state index is 12.4. The number of rotatable bonds is 6. The van der Waals surface area contributed by atoms with Crippen molar-refractivity contribution < 1.29 is 19.4 Å². The summed E-state index contributed by atoms with van der Waals surface area (Å²) >= 11 is 0. The van der Waals surface area contributed by atoms with Gasteiger partial charge in [0, 0.05) is 24.5 Å². The quantitative estimate of drug-likeness (QED) is 0.367. The Morgan fingerprint density at radius 2 is 2.15 bits per heavy atom. The molecule has 1 saturated heterocycles. The van der Waals surface area contributed by atoms with Gasteiger partial charge in [-0.2, -0.15) is 0 Å². The van der Waals surface area contributed by atoms with E-state index in [0.29, 0.717) is 24.6 Å². The highest BCUT2D eigenvalue weighted by atomic mass is 16.5. The van der Waals surface area contributed by atoms with Gasteiger partial charge in [0.15, 0.2) is 11.5 Å². The number of benzene rings is 1. The molecule has 0 saturated carbocycles. The van der Waals surface area contributed by atoms with Crippen LogP contribution in [-0.4, -0.2) is 68.1 Å². The molecule has 5 rings (SSSR count). The van der Waals surface area contributed by atoms with Crippen molar-refractivity contribution in [1.82, 2.24) is 30.2 Å². The second-order valence-electron chi connectivity index (χ2n) is 7.59. The van der Waals surface area contributed by atoms with E-state index in [-0.39, 0.29) is 18.4 Å². The lowest BCUT2D eigenvalue weighted by atomic mass is 10.1. The molecule has 1 aliphatic rings. The first-order chi connectivity index (χ1) is 16.7. The lowest BCUT2D eigenvalue weighted by molar-refractivity contribution is -0.122. The van der Waals surface area contributed by atoms with Gasteiger partial charge in [0.2, 0.25) is 0 Å². The molecule has 1 atom stereocenters. The first kappa shape index (κ1) is 22.9. The Kier molecular flexibility index (Phi) is 7.11. The summed E-state index contributed by atoms with van der Waals surface area (Å²) in [7, 11) is 0. The zero-order chi connectivity index (χ0) is 23.9. The van der Waals surface area contributed by atoms with Crippen molar-refractivity contribution in [2.75, 3.05) is 24.6 Å². The number of carbonyl (C=O) groups excluding carboxylic acids is 1. The largest absolute Gasteiger partial charge is 0.491 e. The van der Waals surface area contributed by atoms with Gasteiger partial charge in [-0.15, -0.1) is 0 Å². The second-order valence-corrected chi connectivity index (χ2v) is 7.59. The fourth-order valence-electron chi connectivity index (χ4n) is 4.07. The average Bonchev–Trinajstić information content (AvgIpc) is 3.52. The van der Waals surface area contributed by atoms with E-state index < -0.39 is 0 Å². The third kappa shape index (κ3) is 4.72. The van der Waals surface area contributed by atoms with Crippen molar-refractivity contribution in [3.63, 3.8) is 0 Å². The number of aromatic nitrogens is 5. The van der Waals surface area contributed by atoms with Crippen LogP contribution in [0.2, 0.25) is 0 Å². The number of amides is 1. The molecule has 0 radical (unpaired) electrons. The molecule has 0 spiro atoms. The molecule has 34 heavy (non-hydrogen) atoms. The maximum Gasteiger partial charge on any atom is 0.290 e. The van der Waals surface area contributed by atoms with E-state index >= 15 is 0 Å². The summed E-state index contributed by atoms with van der Waals surface area (Å²) in [5, 5.41) is 10.6. The number of carbonyl (C=O) groups is 2. The summed E-state index contributed by atoms with van der Waals surface area (Å²) in [5.74, 6) is 1.27. The zero-order valence-electron chi connectivity index (χ0n) is 18.6. The highest BCUT2D eigenvalue weighted by Gasteiger charge is 2.29. The molecule has 0 aliphatic carbocycles. The Labute approximate surface area is 195 Å². The molecule has 1 amide bonds. The molecule has 1 unspecified atom stereocenters. The molecule has 0 bridgehead atoms. The van der Waals surface area contributed by atoms with Crippen LogP contribution in [0, 0.1) is 0 Å². The van der Waals surface area contributed by atoms with Gasteiger partial charge in [-0.05, 0) is 31.9 Å². The number of nitrogens with one attached hydrogen (secondary N) is 2. The lowest BCUT2D eigenvalue weighted by Crippen LogP contribution is -2.35. The van der Waals surface area contributed by atoms with Crippen LogP contribution in [0.1, 0.15) is 30.3 Å². The van der Waals surface area contributed by atoms with Crippen molar-refractivity contribution in [2.24, 2.45) is 0 Å². The molecular weight excluding hydrogens is 438 g/mol. The molecule has 11 heteroatoms.